The number of rotatable bonds is 3. The molecule has 0 aromatic carbocycles. The van der Waals surface area contributed by atoms with Crippen molar-refractivity contribution < 1.29 is 19.4 Å². The van der Waals surface area contributed by atoms with Crippen LogP contribution in [0.4, 0.5) is 4.79 Å². The molecule has 1 heterocycles. The molecule has 0 aliphatic rings. The van der Waals surface area contributed by atoms with E-state index in [-0.39, 0.29) is 5.88 Å². The third kappa shape index (κ3) is 2.53. The molecule has 1 aromatic rings. The second kappa shape index (κ2) is 4.71. The topological polar surface area (TPSA) is 68.7 Å². The SMILES string of the molecule is COc1cnc(OC(=O)O)c(SC)c1. The molecule has 0 unspecified atom stereocenters. The third-order valence-electron chi connectivity index (χ3n) is 1.43. The second-order valence-electron chi connectivity index (χ2n) is 2.25. The summed E-state index contributed by atoms with van der Waals surface area (Å²) >= 11 is 1.34. The Hall–Kier alpha value is -1.43. The highest BCUT2D eigenvalue weighted by Gasteiger charge is 2.09. The molecule has 0 fully saturated rings. The van der Waals surface area contributed by atoms with Gasteiger partial charge in [0.25, 0.3) is 0 Å². The van der Waals surface area contributed by atoms with E-state index in [1.54, 1.807) is 12.3 Å². The Balaban J connectivity index is 2.98. The van der Waals surface area contributed by atoms with Gasteiger partial charge in [-0.15, -0.1) is 11.8 Å². The van der Waals surface area contributed by atoms with Crippen molar-refractivity contribution in [3.05, 3.63) is 12.3 Å². The van der Waals surface area contributed by atoms with E-state index in [1.807, 2.05) is 0 Å². The fraction of sp³-hybridized carbons (Fsp3) is 0.250. The number of nitrogens with zero attached hydrogens (tertiary/aromatic N) is 1. The highest BCUT2D eigenvalue weighted by Crippen LogP contribution is 2.28. The molecule has 0 aliphatic carbocycles. The monoisotopic (exact) mass is 215 g/mol. The summed E-state index contributed by atoms with van der Waals surface area (Å²) < 4.78 is 9.40. The van der Waals surface area contributed by atoms with Crippen LogP contribution >= 0.6 is 11.8 Å². The van der Waals surface area contributed by atoms with Crippen molar-refractivity contribution in [3.63, 3.8) is 0 Å². The molecule has 0 amide bonds. The van der Waals surface area contributed by atoms with Gasteiger partial charge in [-0.25, -0.2) is 9.78 Å². The molecule has 0 spiro atoms. The van der Waals surface area contributed by atoms with Crippen LogP contribution in [-0.2, 0) is 0 Å². The fourth-order valence-electron chi connectivity index (χ4n) is 0.831. The van der Waals surface area contributed by atoms with Gasteiger partial charge in [0.05, 0.1) is 18.2 Å². The van der Waals surface area contributed by atoms with Gasteiger partial charge in [-0.3, -0.25) is 0 Å². The van der Waals surface area contributed by atoms with Crippen LogP contribution in [0.5, 0.6) is 11.6 Å². The van der Waals surface area contributed by atoms with Gasteiger partial charge >= 0.3 is 6.16 Å². The lowest BCUT2D eigenvalue weighted by Crippen LogP contribution is -2.05. The Labute approximate surface area is 85.1 Å². The Kier molecular flexibility index (Phi) is 3.58. The standard InChI is InChI=1S/C8H9NO4S/c1-12-5-3-6(14-2)7(9-4-5)13-8(10)11/h3-4H,1-2H3,(H,10,11). The first kappa shape index (κ1) is 10.6. The Morgan fingerprint density at radius 1 is 1.64 bits per heavy atom. The number of thioether (sulfide) groups is 1. The average Bonchev–Trinajstić information content (AvgIpc) is 2.17. The Morgan fingerprint density at radius 3 is 2.86 bits per heavy atom. The van der Waals surface area contributed by atoms with Crippen LogP contribution in [0.2, 0.25) is 0 Å². The van der Waals surface area contributed by atoms with Crippen molar-refractivity contribution in [2.24, 2.45) is 0 Å². The molecule has 0 saturated heterocycles. The lowest BCUT2D eigenvalue weighted by atomic mass is 10.4. The predicted molar refractivity (Wildman–Crippen MR) is 51.2 cm³/mol. The molecule has 1 N–H and O–H groups in total. The van der Waals surface area contributed by atoms with Gasteiger partial charge in [0.1, 0.15) is 5.75 Å². The van der Waals surface area contributed by atoms with E-state index >= 15 is 0 Å². The number of methoxy groups -OCH3 is 1. The molecule has 0 bridgehead atoms. The molecule has 0 radical (unpaired) electrons. The minimum Gasteiger partial charge on any atom is -0.495 e. The molecule has 6 heteroatoms. The average molecular weight is 215 g/mol. The van der Waals surface area contributed by atoms with Crippen LogP contribution in [0.15, 0.2) is 17.2 Å². The van der Waals surface area contributed by atoms with Crippen molar-refractivity contribution in [1.29, 1.82) is 0 Å². The first-order valence-electron chi connectivity index (χ1n) is 3.66. The number of hydrogen-bond acceptors (Lipinski definition) is 5. The molecule has 5 nitrogen and oxygen atoms in total. The molecule has 0 atom stereocenters. The number of pyridine rings is 1. The summed E-state index contributed by atoms with van der Waals surface area (Å²) in [7, 11) is 1.51. The zero-order valence-electron chi connectivity index (χ0n) is 7.68. The predicted octanol–water partition coefficient (Wildman–Crippen LogP) is 1.87. The van der Waals surface area contributed by atoms with Crippen molar-refractivity contribution in [2.75, 3.05) is 13.4 Å². The van der Waals surface area contributed by atoms with E-state index in [9.17, 15) is 4.79 Å². The van der Waals surface area contributed by atoms with Gasteiger partial charge in [0.15, 0.2) is 0 Å². The fourth-order valence-corrected chi connectivity index (χ4v) is 1.33. The van der Waals surface area contributed by atoms with Crippen LogP contribution in [0, 0.1) is 0 Å². The highest BCUT2D eigenvalue weighted by molar-refractivity contribution is 7.98. The maximum atomic E-state index is 10.3. The van der Waals surface area contributed by atoms with Crippen LogP contribution in [-0.4, -0.2) is 29.6 Å². The van der Waals surface area contributed by atoms with Crippen molar-refractivity contribution in [1.82, 2.24) is 4.98 Å². The molecule has 0 saturated carbocycles. The van der Waals surface area contributed by atoms with Crippen LogP contribution in [0.25, 0.3) is 0 Å². The lowest BCUT2D eigenvalue weighted by Gasteiger charge is -2.06. The smallest absolute Gasteiger partial charge is 0.495 e. The zero-order valence-corrected chi connectivity index (χ0v) is 8.50. The normalized spacial score (nSPS) is 9.57. The maximum Gasteiger partial charge on any atom is 0.512 e. The van der Waals surface area contributed by atoms with E-state index in [0.717, 1.165) is 0 Å². The van der Waals surface area contributed by atoms with Gasteiger partial charge in [-0.05, 0) is 6.26 Å². The summed E-state index contributed by atoms with van der Waals surface area (Å²) in [6.45, 7) is 0. The quantitative estimate of drug-likeness (QED) is 0.613. The molecule has 1 rings (SSSR count). The van der Waals surface area contributed by atoms with Crippen LogP contribution in [0.3, 0.4) is 0 Å². The van der Waals surface area contributed by atoms with Gasteiger partial charge in [0.2, 0.25) is 5.88 Å². The van der Waals surface area contributed by atoms with Gasteiger partial charge in [-0.2, -0.15) is 0 Å². The summed E-state index contributed by atoms with van der Waals surface area (Å²) in [5, 5.41) is 8.41. The van der Waals surface area contributed by atoms with E-state index in [0.29, 0.717) is 10.6 Å². The number of aromatic nitrogens is 1. The largest absolute Gasteiger partial charge is 0.512 e. The maximum absolute atomic E-state index is 10.3. The summed E-state index contributed by atoms with van der Waals surface area (Å²) in [6, 6.07) is 1.66. The minimum absolute atomic E-state index is 0.0748. The van der Waals surface area contributed by atoms with Gasteiger partial charge < -0.3 is 14.6 Å². The van der Waals surface area contributed by atoms with E-state index in [2.05, 4.69) is 9.72 Å². The van der Waals surface area contributed by atoms with E-state index < -0.39 is 6.16 Å². The number of carboxylic acid groups (broad SMARTS) is 1. The number of ether oxygens (including phenoxy) is 2. The van der Waals surface area contributed by atoms with Crippen LogP contribution in [0.1, 0.15) is 0 Å². The van der Waals surface area contributed by atoms with Crippen molar-refractivity contribution >= 4 is 17.9 Å². The second-order valence-corrected chi connectivity index (χ2v) is 3.10. The lowest BCUT2D eigenvalue weighted by molar-refractivity contribution is 0.141. The highest BCUT2D eigenvalue weighted by atomic mass is 32.2. The first-order chi connectivity index (χ1) is 6.67. The van der Waals surface area contributed by atoms with E-state index in [4.69, 9.17) is 9.84 Å². The molecular formula is C8H9NO4S. The summed E-state index contributed by atoms with van der Waals surface area (Å²) in [6.07, 6.45) is 1.82. The molecule has 76 valence electrons. The summed E-state index contributed by atoms with van der Waals surface area (Å²) in [4.78, 5) is 14.7. The van der Waals surface area contributed by atoms with Gasteiger partial charge in [0, 0.05) is 6.07 Å². The Morgan fingerprint density at radius 2 is 2.36 bits per heavy atom. The first-order valence-corrected chi connectivity index (χ1v) is 4.88. The van der Waals surface area contributed by atoms with Gasteiger partial charge in [-0.1, -0.05) is 0 Å². The molecule has 1 aromatic heterocycles. The third-order valence-corrected chi connectivity index (χ3v) is 2.17. The van der Waals surface area contributed by atoms with Crippen molar-refractivity contribution in [2.45, 2.75) is 4.90 Å². The Bertz CT molecular complexity index is 342. The van der Waals surface area contributed by atoms with Crippen molar-refractivity contribution in [3.8, 4) is 11.6 Å². The zero-order chi connectivity index (χ0) is 10.6. The van der Waals surface area contributed by atoms with E-state index in [1.165, 1.54) is 25.1 Å². The number of hydrogen-bond donors (Lipinski definition) is 1. The number of carbonyl (C=O) groups is 1. The van der Waals surface area contributed by atoms with Crippen LogP contribution < -0.4 is 9.47 Å². The minimum atomic E-state index is -1.38. The molecule has 14 heavy (non-hydrogen) atoms. The summed E-state index contributed by atoms with van der Waals surface area (Å²) in [5.74, 6) is 0.637. The molecule has 0 aliphatic heterocycles. The molecular weight excluding hydrogens is 206 g/mol. The summed E-state index contributed by atoms with van der Waals surface area (Å²) in [5.41, 5.74) is 0.